The van der Waals surface area contributed by atoms with Crippen molar-refractivity contribution in [1.29, 1.82) is 0 Å². The second-order valence-electron chi connectivity index (χ2n) is 9.16. The molecule has 38 heavy (non-hydrogen) atoms. The Morgan fingerprint density at radius 3 is 2.71 bits per heavy atom. The van der Waals surface area contributed by atoms with Crippen molar-refractivity contribution in [2.24, 2.45) is 0 Å². The number of hydrogen-bond donors (Lipinski definition) is 2. The highest BCUT2D eigenvalue weighted by atomic mass is 32.1. The molecule has 0 spiro atoms. The summed E-state index contributed by atoms with van der Waals surface area (Å²) in [6, 6.07) is 7.78. The molecule has 1 saturated carbocycles. The summed E-state index contributed by atoms with van der Waals surface area (Å²) in [6.07, 6.45) is 2.87. The van der Waals surface area contributed by atoms with Gasteiger partial charge in [-0.2, -0.15) is 14.3 Å². The highest BCUT2D eigenvalue weighted by Crippen LogP contribution is 2.46. The Morgan fingerprint density at radius 1 is 1.18 bits per heavy atom. The zero-order chi connectivity index (χ0) is 26.6. The number of amides is 1. The largest absolute Gasteiger partial charge is 0.481 e. The van der Waals surface area contributed by atoms with Crippen LogP contribution < -0.4 is 5.32 Å². The van der Waals surface area contributed by atoms with Gasteiger partial charge in [-0.3, -0.25) is 10.1 Å². The first-order valence-electron chi connectivity index (χ1n) is 12.4. The minimum absolute atomic E-state index is 0.105. The van der Waals surface area contributed by atoms with Crippen molar-refractivity contribution in [3.05, 3.63) is 57.7 Å². The maximum atomic E-state index is 12.8. The van der Waals surface area contributed by atoms with Crippen LogP contribution in [-0.2, 0) is 16.0 Å². The van der Waals surface area contributed by atoms with E-state index in [1.807, 2.05) is 38.1 Å². The van der Waals surface area contributed by atoms with Crippen molar-refractivity contribution >= 4 is 40.7 Å². The van der Waals surface area contributed by atoms with Crippen LogP contribution in [0, 0.1) is 18.8 Å². The second kappa shape index (κ2) is 11.1. The number of benzene rings is 1. The van der Waals surface area contributed by atoms with Gasteiger partial charge in [0.15, 0.2) is 5.69 Å². The van der Waals surface area contributed by atoms with Crippen LogP contribution in [0.4, 0.5) is 10.5 Å². The maximum absolute atomic E-state index is 12.8. The van der Waals surface area contributed by atoms with Crippen molar-refractivity contribution in [3.63, 3.8) is 0 Å². The molecule has 4 aromatic rings. The number of unbranched alkanes of at least 4 members (excludes halogenated alkanes) is 1. The molecule has 1 fully saturated rings. The first-order valence-corrected chi connectivity index (χ1v) is 13.2. The number of aliphatic carboxylic acids is 1. The number of hydrogen-bond acceptors (Lipinski definition) is 9. The van der Waals surface area contributed by atoms with E-state index in [0.717, 1.165) is 28.8 Å². The summed E-state index contributed by atoms with van der Waals surface area (Å²) in [5.41, 5.74) is 3.42. The lowest BCUT2D eigenvalue weighted by molar-refractivity contribution is -0.137. The number of carbonyl (C=O) groups is 2. The van der Waals surface area contributed by atoms with Crippen molar-refractivity contribution in [2.45, 2.75) is 64.4 Å². The smallest absolute Gasteiger partial charge is 0.412 e. The Balaban J connectivity index is 1.27. The number of rotatable bonds is 9. The van der Waals surface area contributed by atoms with Crippen LogP contribution in [0.15, 0.2) is 33.1 Å². The minimum Gasteiger partial charge on any atom is -0.481 e. The molecular formula is C27H26N4O6S. The number of nitrogens with zero attached hydrogens (tertiary/aromatic N) is 3. The molecule has 11 heteroatoms. The number of carbonyl (C=O) groups excluding carboxylic acids is 1. The Kier molecular flexibility index (Phi) is 7.42. The predicted molar refractivity (Wildman–Crippen MR) is 139 cm³/mol. The molecule has 2 N–H and O–H groups in total. The monoisotopic (exact) mass is 534 g/mol. The third kappa shape index (κ3) is 6.03. The Bertz CT molecular complexity index is 1510. The average molecular weight is 535 g/mol. The number of aryl methyl sites for hydroxylation is 2. The molecule has 0 bridgehead atoms. The topological polar surface area (TPSA) is 141 Å². The molecule has 196 valence electrons. The van der Waals surface area contributed by atoms with Gasteiger partial charge in [0.25, 0.3) is 17.3 Å². The van der Waals surface area contributed by atoms with Crippen LogP contribution in [0.1, 0.15) is 84.5 Å². The summed E-state index contributed by atoms with van der Waals surface area (Å²) in [5.74, 6) is 5.87. The molecule has 1 aliphatic carbocycles. The van der Waals surface area contributed by atoms with Crippen molar-refractivity contribution in [3.8, 4) is 11.8 Å². The van der Waals surface area contributed by atoms with Crippen LogP contribution in [0.25, 0.3) is 11.4 Å². The molecule has 0 saturated heterocycles. The van der Waals surface area contributed by atoms with Gasteiger partial charge >= 0.3 is 12.1 Å². The van der Waals surface area contributed by atoms with E-state index in [1.54, 1.807) is 0 Å². The number of carboxylic acid groups (broad SMARTS) is 1. The van der Waals surface area contributed by atoms with Gasteiger partial charge in [-0.25, -0.2) is 4.79 Å². The molecule has 3 aromatic heterocycles. The lowest BCUT2D eigenvalue weighted by Crippen LogP contribution is -2.17. The summed E-state index contributed by atoms with van der Waals surface area (Å²) >= 11 is 1.32. The van der Waals surface area contributed by atoms with E-state index in [9.17, 15) is 9.59 Å². The van der Waals surface area contributed by atoms with E-state index in [2.05, 4.69) is 31.5 Å². The SMILES string of the molecule is Cc1ccccc1C(C)OC(=O)Nc1c(C#Cc2nc3oc(CCCCC(=O)O)nc3o2)nsc1C1CC1. The first kappa shape index (κ1) is 25.5. The van der Waals surface area contributed by atoms with Crippen molar-refractivity contribution in [1.82, 2.24) is 14.3 Å². The van der Waals surface area contributed by atoms with Crippen LogP contribution in [0.2, 0.25) is 0 Å². The van der Waals surface area contributed by atoms with E-state index >= 15 is 0 Å². The van der Waals surface area contributed by atoms with Crippen LogP contribution >= 0.6 is 11.5 Å². The number of anilines is 1. The van der Waals surface area contributed by atoms with Gasteiger partial charge in [-0.1, -0.05) is 24.3 Å². The molecule has 1 atom stereocenters. The predicted octanol–water partition coefficient (Wildman–Crippen LogP) is 5.97. The van der Waals surface area contributed by atoms with Crippen LogP contribution in [0.5, 0.6) is 0 Å². The normalized spacial score (nSPS) is 13.6. The van der Waals surface area contributed by atoms with Gasteiger partial charge in [-0.05, 0) is 74.0 Å². The van der Waals surface area contributed by atoms with E-state index in [0.29, 0.717) is 42.5 Å². The molecule has 1 amide bonds. The maximum Gasteiger partial charge on any atom is 0.412 e. The van der Waals surface area contributed by atoms with Gasteiger partial charge in [0.2, 0.25) is 5.89 Å². The van der Waals surface area contributed by atoms with Crippen LogP contribution in [0.3, 0.4) is 0 Å². The van der Waals surface area contributed by atoms with E-state index in [1.165, 1.54) is 11.5 Å². The lowest BCUT2D eigenvalue weighted by Gasteiger charge is -2.16. The summed E-state index contributed by atoms with van der Waals surface area (Å²) in [5, 5.41) is 11.6. The average Bonchev–Trinajstić information content (AvgIpc) is 3.37. The Labute approximate surface area is 222 Å². The molecule has 5 rings (SSSR count). The number of nitrogens with one attached hydrogen (secondary N) is 1. The molecule has 1 aromatic carbocycles. The molecule has 10 nitrogen and oxygen atoms in total. The van der Waals surface area contributed by atoms with Gasteiger partial charge in [0, 0.05) is 18.8 Å². The van der Waals surface area contributed by atoms with Gasteiger partial charge in [0.05, 0.1) is 10.6 Å². The number of ether oxygens (including phenoxy) is 1. The third-order valence-electron chi connectivity index (χ3n) is 6.14. The lowest BCUT2D eigenvalue weighted by atomic mass is 10.1. The Hall–Kier alpha value is -4.17. The zero-order valence-corrected chi connectivity index (χ0v) is 21.8. The summed E-state index contributed by atoms with van der Waals surface area (Å²) < 4.78 is 21.3. The molecule has 0 radical (unpaired) electrons. The zero-order valence-electron chi connectivity index (χ0n) is 20.9. The van der Waals surface area contributed by atoms with Gasteiger partial charge in [0.1, 0.15) is 6.10 Å². The van der Waals surface area contributed by atoms with Gasteiger partial charge < -0.3 is 18.7 Å². The standard InChI is InChI=1S/C27H26N4O6S/c1-15-7-3-4-8-18(15)16(2)35-27(34)30-23-19(31-38-24(23)17-11-12-17)13-14-21-29-26-25(37-21)28-20(36-26)9-5-6-10-22(32)33/h3-4,7-8,16-17H,5-6,9-12H2,1-2H3,(H,30,34)(H,32,33). The fourth-order valence-electron chi connectivity index (χ4n) is 4.04. The third-order valence-corrected chi connectivity index (χ3v) is 7.15. The quantitative estimate of drug-likeness (QED) is 0.196. The number of carboxylic acids is 1. The number of fused-ring (bicyclic) bond motifs is 1. The molecule has 0 aliphatic heterocycles. The van der Waals surface area contributed by atoms with E-state index < -0.39 is 18.2 Å². The van der Waals surface area contributed by atoms with E-state index in [-0.39, 0.29) is 23.7 Å². The first-order chi connectivity index (χ1) is 18.4. The molecule has 1 unspecified atom stereocenters. The Morgan fingerprint density at radius 2 is 1.97 bits per heavy atom. The number of aromatic nitrogens is 3. The van der Waals surface area contributed by atoms with Crippen molar-refractivity contribution in [2.75, 3.05) is 5.32 Å². The minimum atomic E-state index is -0.826. The highest BCUT2D eigenvalue weighted by molar-refractivity contribution is 7.06. The fourth-order valence-corrected chi connectivity index (χ4v) is 4.99. The molecule has 3 heterocycles. The summed E-state index contributed by atoms with van der Waals surface area (Å²) in [4.78, 5) is 32.9. The molecular weight excluding hydrogens is 508 g/mol. The van der Waals surface area contributed by atoms with Crippen LogP contribution in [-0.4, -0.2) is 31.5 Å². The second-order valence-corrected chi connectivity index (χ2v) is 9.97. The summed E-state index contributed by atoms with van der Waals surface area (Å²) in [7, 11) is 0. The highest BCUT2D eigenvalue weighted by Gasteiger charge is 2.31. The fraction of sp³-hybridized carbons (Fsp3) is 0.370. The molecule has 1 aliphatic rings. The summed E-state index contributed by atoms with van der Waals surface area (Å²) in [6.45, 7) is 3.82. The van der Waals surface area contributed by atoms with Crippen molar-refractivity contribution < 1.29 is 28.3 Å². The number of oxazole rings is 2. The van der Waals surface area contributed by atoms with Gasteiger partial charge in [-0.15, -0.1) is 0 Å². The van der Waals surface area contributed by atoms with E-state index in [4.69, 9.17) is 18.7 Å².